The van der Waals surface area contributed by atoms with Gasteiger partial charge in [-0.15, -0.1) is 0 Å². The Balaban J connectivity index is 2.02. The summed E-state index contributed by atoms with van der Waals surface area (Å²) >= 11 is 0. The van der Waals surface area contributed by atoms with E-state index in [9.17, 15) is 21.6 Å². The third kappa shape index (κ3) is 3.44. The monoisotopic (exact) mass is 451 g/mol. The molecule has 0 aromatic carbocycles. The summed E-state index contributed by atoms with van der Waals surface area (Å²) in [7, 11) is -0.663. The summed E-state index contributed by atoms with van der Waals surface area (Å²) in [6.07, 6.45) is -0.700. The lowest BCUT2D eigenvalue weighted by Gasteiger charge is -2.07. The maximum absolute atomic E-state index is 13.1. The molecule has 0 radical (unpaired) electrons. The van der Waals surface area contributed by atoms with Crippen molar-refractivity contribution in [3.63, 3.8) is 0 Å². The third-order valence-electron chi connectivity index (χ3n) is 4.83. The van der Waals surface area contributed by atoms with E-state index in [4.69, 9.17) is 0 Å². The van der Waals surface area contributed by atoms with Crippen molar-refractivity contribution < 1.29 is 21.6 Å². The van der Waals surface area contributed by atoms with Gasteiger partial charge in [-0.3, -0.25) is 0 Å². The van der Waals surface area contributed by atoms with Gasteiger partial charge in [-0.2, -0.15) is 23.4 Å². The number of hydrogen-bond acceptors (Lipinski definition) is 7. The molecule has 162 valence electrons. The van der Waals surface area contributed by atoms with E-state index in [0.717, 1.165) is 12.3 Å². The molecule has 0 atom stereocenters. The normalized spacial score (nSPS) is 12.6. The van der Waals surface area contributed by atoms with Crippen molar-refractivity contribution in [1.82, 2.24) is 34.3 Å². The van der Waals surface area contributed by atoms with E-state index in [-0.39, 0.29) is 27.8 Å². The molecule has 4 heterocycles. The van der Waals surface area contributed by atoms with Crippen molar-refractivity contribution in [2.24, 2.45) is 14.1 Å². The molecule has 4 rings (SSSR count). The van der Waals surface area contributed by atoms with E-state index in [2.05, 4.69) is 25.1 Å². The van der Waals surface area contributed by atoms with Crippen LogP contribution >= 0.6 is 0 Å². The largest absolute Gasteiger partial charge is 0.433 e. The van der Waals surface area contributed by atoms with Gasteiger partial charge in [-0.25, -0.2) is 23.4 Å². The zero-order valence-electron chi connectivity index (χ0n) is 16.6. The first-order valence-corrected chi connectivity index (χ1v) is 10.7. The van der Waals surface area contributed by atoms with E-state index < -0.39 is 21.7 Å². The summed E-state index contributed by atoms with van der Waals surface area (Å²) < 4.78 is 67.8. The molecule has 9 nitrogen and oxygen atoms in total. The Labute approximate surface area is 174 Å². The second-order valence-electron chi connectivity index (χ2n) is 6.73. The number of hydrogen-bond donors (Lipinski definition) is 0. The number of pyridine rings is 1. The SMILES string of the molecule is CCS(=O)(=O)c1c(-c2nc3cc(C(F)(F)F)ncc3n2C)nc(-c2ccnnc2)n1C. The second-order valence-corrected chi connectivity index (χ2v) is 8.93. The van der Waals surface area contributed by atoms with Crippen LogP contribution in [0, 0.1) is 0 Å². The highest BCUT2D eigenvalue weighted by molar-refractivity contribution is 7.91. The van der Waals surface area contributed by atoms with Crippen molar-refractivity contribution in [3.8, 4) is 22.9 Å². The van der Waals surface area contributed by atoms with Gasteiger partial charge in [-0.1, -0.05) is 6.92 Å². The summed E-state index contributed by atoms with van der Waals surface area (Å²) in [5.41, 5.74) is -0.201. The quantitative estimate of drug-likeness (QED) is 0.469. The Morgan fingerprint density at radius 2 is 1.77 bits per heavy atom. The van der Waals surface area contributed by atoms with E-state index in [0.29, 0.717) is 16.9 Å². The molecule has 0 amide bonds. The van der Waals surface area contributed by atoms with Gasteiger partial charge in [0.05, 0.1) is 35.4 Å². The first-order chi connectivity index (χ1) is 14.5. The maximum atomic E-state index is 13.1. The third-order valence-corrected chi connectivity index (χ3v) is 6.65. The molecule has 0 saturated heterocycles. The molecule has 13 heteroatoms. The summed E-state index contributed by atoms with van der Waals surface area (Å²) in [6.45, 7) is 1.49. The number of sulfone groups is 1. The molecule has 4 aromatic rings. The number of nitrogens with zero attached hydrogens (tertiary/aromatic N) is 7. The van der Waals surface area contributed by atoms with Crippen LogP contribution in [-0.2, 0) is 30.1 Å². The van der Waals surface area contributed by atoms with Crippen LogP contribution in [-0.4, -0.2) is 48.5 Å². The van der Waals surface area contributed by atoms with Crippen LogP contribution in [0.25, 0.3) is 33.9 Å². The van der Waals surface area contributed by atoms with E-state index in [1.807, 2.05) is 0 Å². The number of imidazole rings is 2. The van der Waals surface area contributed by atoms with Gasteiger partial charge in [0.15, 0.2) is 20.7 Å². The van der Waals surface area contributed by atoms with Gasteiger partial charge >= 0.3 is 6.18 Å². The van der Waals surface area contributed by atoms with Crippen LogP contribution in [0.15, 0.2) is 35.7 Å². The van der Waals surface area contributed by atoms with Gasteiger partial charge in [0.25, 0.3) is 0 Å². The average Bonchev–Trinajstić information content (AvgIpc) is 3.25. The Morgan fingerprint density at radius 3 is 2.39 bits per heavy atom. The van der Waals surface area contributed by atoms with Crippen LogP contribution in [0.4, 0.5) is 13.2 Å². The predicted octanol–water partition coefficient (Wildman–Crippen LogP) is 2.64. The van der Waals surface area contributed by atoms with Crippen molar-refractivity contribution >= 4 is 20.9 Å². The van der Waals surface area contributed by atoms with Crippen molar-refractivity contribution in [1.29, 1.82) is 0 Å². The van der Waals surface area contributed by atoms with Crippen LogP contribution in [0.1, 0.15) is 12.6 Å². The second kappa shape index (κ2) is 7.11. The van der Waals surface area contributed by atoms with Crippen LogP contribution < -0.4 is 0 Å². The molecule has 0 spiro atoms. The maximum Gasteiger partial charge on any atom is 0.433 e. The van der Waals surface area contributed by atoms with E-state index in [1.165, 1.54) is 28.5 Å². The molecule has 0 aliphatic heterocycles. The van der Waals surface area contributed by atoms with Gasteiger partial charge in [0.1, 0.15) is 17.2 Å². The van der Waals surface area contributed by atoms with Gasteiger partial charge in [0, 0.05) is 19.7 Å². The minimum absolute atomic E-state index is 0.0254. The molecule has 0 aliphatic rings. The number of aromatic nitrogens is 7. The smallest absolute Gasteiger partial charge is 0.324 e. The van der Waals surface area contributed by atoms with Crippen LogP contribution in [0.5, 0.6) is 0 Å². The lowest BCUT2D eigenvalue weighted by molar-refractivity contribution is -0.141. The summed E-state index contributed by atoms with van der Waals surface area (Å²) in [4.78, 5) is 12.2. The average molecular weight is 451 g/mol. The Kier molecular flexibility index (Phi) is 4.80. The fourth-order valence-electron chi connectivity index (χ4n) is 3.26. The van der Waals surface area contributed by atoms with Gasteiger partial charge < -0.3 is 9.13 Å². The number of rotatable bonds is 4. The molecular weight excluding hydrogens is 435 g/mol. The summed E-state index contributed by atoms with van der Waals surface area (Å²) in [5.74, 6) is 0.210. The fraction of sp³-hybridized carbons (Fsp3) is 0.278. The minimum Gasteiger partial charge on any atom is -0.324 e. The van der Waals surface area contributed by atoms with Crippen LogP contribution in [0.3, 0.4) is 0 Å². The van der Waals surface area contributed by atoms with Crippen molar-refractivity contribution in [3.05, 3.63) is 36.4 Å². The van der Waals surface area contributed by atoms with E-state index >= 15 is 0 Å². The highest BCUT2D eigenvalue weighted by Crippen LogP contribution is 2.34. The molecule has 31 heavy (non-hydrogen) atoms. The molecule has 0 saturated carbocycles. The highest BCUT2D eigenvalue weighted by Gasteiger charge is 2.34. The molecule has 0 fully saturated rings. The first kappa shape index (κ1) is 20.9. The molecular formula is C18H16F3N7O2S. The number of aryl methyl sites for hydroxylation is 1. The van der Waals surface area contributed by atoms with Gasteiger partial charge in [0.2, 0.25) is 0 Å². The lowest BCUT2D eigenvalue weighted by Crippen LogP contribution is -2.11. The summed E-state index contributed by atoms with van der Waals surface area (Å²) in [5, 5.41) is 7.40. The van der Waals surface area contributed by atoms with Crippen molar-refractivity contribution in [2.45, 2.75) is 18.1 Å². The van der Waals surface area contributed by atoms with Gasteiger partial charge in [-0.05, 0) is 12.1 Å². The Hall–Kier alpha value is -3.35. The number of fused-ring (bicyclic) bond motifs is 1. The standard InChI is InChI=1S/C18H16F3N7O2S/c1-4-31(29,30)17-14(26-15(28(17)3)10-5-6-23-24-8-10)16-25-11-7-13(18(19,20)21)22-9-12(11)27(16)2/h5-9H,4H2,1-3H3. The molecule has 4 aromatic heterocycles. The first-order valence-electron chi connectivity index (χ1n) is 9.01. The van der Waals surface area contributed by atoms with E-state index in [1.54, 1.807) is 20.2 Å². The Bertz CT molecular complexity index is 1390. The zero-order valence-corrected chi connectivity index (χ0v) is 17.4. The fourth-order valence-corrected chi connectivity index (χ4v) is 4.47. The lowest BCUT2D eigenvalue weighted by atomic mass is 10.3. The van der Waals surface area contributed by atoms with Crippen LogP contribution in [0.2, 0.25) is 0 Å². The minimum atomic E-state index is -4.63. The molecule has 0 unspecified atom stereocenters. The Morgan fingerprint density at radius 1 is 1.03 bits per heavy atom. The highest BCUT2D eigenvalue weighted by atomic mass is 32.2. The molecule has 0 N–H and O–H groups in total. The predicted molar refractivity (Wildman–Crippen MR) is 104 cm³/mol. The molecule has 0 bridgehead atoms. The molecule has 0 aliphatic carbocycles. The zero-order chi connectivity index (χ0) is 22.6. The van der Waals surface area contributed by atoms with Crippen molar-refractivity contribution in [2.75, 3.05) is 5.75 Å². The topological polar surface area (TPSA) is 108 Å². The summed E-state index contributed by atoms with van der Waals surface area (Å²) in [6, 6.07) is 2.44. The number of alkyl halides is 3. The number of halogens is 3.